The predicted molar refractivity (Wildman–Crippen MR) is 115 cm³/mol. The minimum atomic E-state index is 0.497. The van der Waals surface area contributed by atoms with Gasteiger partial charge < -0.3 is 33.5 Å². The molecule has 0 saturated heterocycles. The summed E-state index contributed by atoms with van der Waals surface area (Å²) in [5, 5.41) is 18.3. The SMILES string of the molecule is CO.COc1cc(-c2n[nH]nc2-c2cc(OC)c(OC)c(OC)c2)cc(OC)c1OC. The Hall–Kier alpha value is -3.66. The molecule has 0 aliphatic heterocycles. The average molecular weight is 433 g/mol. The van der Waals surface area contributed by atoms with Gasteiger partial charge in [-0.1, -0.05) is 0 Å². The van der Waals surface area contributed by atoms with E-state index in [2.05, 4.69) is 15.4 Å². The monoisotopic (exact) mass is 433 g/mol. The van der Waals surface area contributed by atoms with Crippen molar-refractivity contribution in [2.45, 2.75) is 0 Å². The van der Waals surface area contributed by atoms with Crippen LogP contribution in [0.1, 0.15) is 0 Å². The zero-order valence-electron chi connectivity index (χ0n) is 18.6. The van der Waals surface area contributed by atoms with Crippen LogP contribution in [-0.4, -0.2) is 70.3 Å². The number of aromatic amines is 1. The van der Waals surface area contributed by atoms with Crippen LogP contribution in [0.2, 0.25) is 0 Å². The second-order valence-corrected chi connectivity index (χ2v) is 5.85. The Balaban J connectivity index is 0.00000166. The minimum Gasteiger partial charge on any atom is -0.493 e. The largest absolute Gasteiger partial charge is 0.493 e. The molecule has 0 spiro atoms. The van der Waals surface area contributed by atoms with Crippen LogP contribution in [0.5, 0.6) is 34.5 Å². The Bertz CT molecular complexity index is 876. The van der Waals surface area contributed by atoms with Gasteiger partial charge in [-0.25, -0.2) is 0 Å². The maximum absolute atomic E-state index is 7.00. The van der Waals surface area contributed by atoms with Gasteiger partial charge in [-0.2, -0.15) is 15.4 Å². The van der Waals surface area contributed by atoms with Gasteiger partial charge in [0.25, 0.3) is 0 Å². The molecule has 2 aromatic carbocycles. The molecule has 0 unspecified atom stereocenters. The fraction of sp³-hybridized carbons (Fsp3) is 0.333. The number of benzene rings is 2. The summed E-state index contributed by atoms with van der Waals surface area (Å²) >= 11 is 0. The van der Waals surface area contributed by atoms with Gasteiger partial charge in [0.2, 0.25) is 11.5 Å². The smallest absolute Gasteiger partial charge is 0.203 e. The molecule has 0 amide bonds. The van der Waals surface area contributed by atoms with E-state index in [1.165, 1.54) is 0 Å². The molecule has 0 atom stereocenters. The van der Waals surface area contributed by atoms with Crippen LogP contribution in [0.3, 0.4) is 0 Å². The molecule has 0 radical (unpaired) electrons. The molecule has 0 aliphatic rings. The van der Waals surface area contributed by atoms with Crippen molar-refractivity contribution in [3.8, 4) is 57.0 Å². The van der Waals surface area contributed by atoms with Gasteiger partial charge in [0.1, 0.15) is 11.4 Å². The first-order chi connectivity index (χ1) is 15.1. The number of nitrogens with one attached hydrogen (secondary N) is 1. The molecule has 3 aromatic rings. The highest BCUT2D eigenvalue weighted by Crippen LogP contribution is 2.45. The van der Waals surface area contributed by atoms with Gasteiger partial charge in [0.05, 0.1) is 42.7 Å². The predicted octanol–water partition coefficient (Wildman–Crippen LogP) is 2.80. The van der Waals surface area contributed by atoms with E-state index in [9.17, 15) is 0 Å². The average Bonchev–Trinajstić information content (AvgIpc) is 3.33. The molecule has 10 heteroatoms. The summed E-state index contributed by atoms with van der Waals surface area (Å²) in [7, 11) is 10.3. The molecule has 31 heavy (non-hydrogen) atoms. The van der Waals surface area contributed by atoms with Crippen molar-refractivity contribution in [2.75, 3.05) is 49.8 Å². The lowest BCUT2D eigenvalue weighted by Crippen LogP contribution is -1.97. The van der Waals surface area contributed by atoms with Crippen LogP contribution in [0.25, 0.3) is 22.5 Å². The maximum atomic E-state index is 7.00. The normalized spacial score (nSPS) is 9.94. The number of rotatable bonds is 8. The zero-order chi connectivity index (χ0) is 23.0. The van der Waals surface area contributed by atoms with E-state index in [1.54, 1.807) is 66.9 Å². The van der Waals surface area contributed by atoms with Gasteiger partial charge in [-0.05, 0) is 24.3 Å². The highest BCUT2D eigenvalue weighted by Gasteiger charge is 2.21. The van der Waals surface area contributed by atoms with Gasteiger partial charge in [-0.15, -0.1) is 0 Å². The molecule has 3 rings (SSSR count). The van der Waals surface area contributed by atoms with Crippen LogP contribution < -0.4 is 28.4 Å². The highest BCUT2D eigenvalue weighted by molar-refractivity contribution is 5.82. The quantitative estimate of drug-likeness (QED) is 0.553. The summed E-state index contributed by atoms with van der Waals surface area (Å²) < 4.78 is 32.6. The van der Waals surface area contributed by atoms with E-state index in [-0.39, 0.29) is 0 Å². The third-order valence-corrected chi connectivity index (χ3v) is 4.42. The van der Waals surface area contributed by atoms with Crippen molar-refractivity contribution in [1.82, 2.24) is 15.4 Å². The minimum absolute atomic E-state index is 0.497. The second-order valence-electron chi connectivity index (χ2n) is 5.85. The van der Waals surface area contributed by atoms with Crippen LogP contribution >= 0.6 is 0 Å². The number of aliphatic hydroxyl groups excluding tert-OH is 1. The molecule has 1 aromatic heterocycles. The van der Waals surface area contributed by atoms with Crippen LogP contribution in [0.4, 0.5) is 0 Å². The van der Waals surface area contributed by atoms with Crippen molar-refractivity contribution in [3.63, 3.8) is 0 Å². The molecular formula is C21H27N3O7. The summed E-state index contributed by atoms with van der Waals surface area (Å²) in [6.45, 7) is 0. The van der Waals surface area contributed by atoms with Crippen molar-refractivity contribution >= 4 is 0 Å². The summed E-state index contributed by atoms with van der Waals surface area (Å²) in [4.78, 5) is 0. The Labute approximate surface area is 180 Å². The lowest BCUT2D eigenvalue weighted by atomic mass is 10.0. The number of hydrogen-bond donors (Lipinski definition) is 2. The molecule has 0 saturated carbocycles. The van der Waals surface area contributed by atoms with E-state index in [0.29, 0.717) is 45.9 Å². The van der Waals surface area contributed by atoms with Crippen LogP contribution in [0, 0.1) is 0 Å². The van der Waals surface area contributed by atoms with E-state index >= 15 is 0 Å². The molecule has 10 nitrogen and oxygen atoms in total. The molecule has 2 N–H and O–H groups in total. The first-order valence-electron chi connectivity index (χ1n) is 9.08. The number of hydrogen-bond acceptors (Lipinski definition) is 9. The highest BCUT2D eigenvalue weighted by atomic mass is 16.5. The van der Waals surface area contributed by atoms with E-state index < -0.39 is 0 Å². The van der Waals surface area contributed by atoms with E-state index in [4.69, 9.17) is 33.5 Å². The number of aromatic nitrogens is 3. The number of methoxy groups -OCH3 is 6. The third-order valence-electron chi connectivity index (χ3n) is 4.42. The third kappa shape index (κ3) is 4.58. The Kier molecular flexibility index (Phi) is 8.33. The molecule has 1 heterocycles. The van der Waals surface area contributed by atoms with Crippen LogP contribution in [-0.2, 0) is 0 Å². The van der Waals surface area contributed by atoms with Crippen molar-refractivity contribution in [2.24, 2.45) is 0 Å². The summed E-state index contributed by atoms with van der Waals surface area (Å²) in [5.74, 6) is 3.05. The summed E-state index contributed by atoms with van der Waals surface area (Å²) in [5.41, 5.74) is 2.66. The van der Waals surface area contributed by atoms with Crippen LogP contribution in [0.15, 0.2) is 24.3 Å². The summed E-state index contributed by atoms with van der Waals surface area (Å²) in [6, 6.07) is 7.22. The van der Waals surface area contributed by atoms with Gasteiger partial charge in [0, 0.05) is 18.2 Å². The number of ether oxygens (including phenoxy) is 6. The van der Waals surface area contributed by atoms with Gasteiger partial charge >= 0.3 is 0 Å². The molecule has 168 valence electrons. The standard InChI is InChI=1S/C20H23N3O6.CH4O/c1-24-13-7-11(8-14(25-2)19(13)28-5)17-18(22-23-21-17)12-9-15(26-3)20(29-6)16(10-12)27-4;1-2/h7-10H,1-6H3,(H,21,22,23);2H,1H3. The van der Waals surface area contributed by atoms with Crippen molar-refractivity contribution in [3.05, 3.63) is 24.3 Å². The Morgan fingerprint density at radius 3 is 1.06 bits per heavy atom. The number of H-pyrrole nitrogens is 1. The maximum Gasteiger partial charge on any atom is 0.203 e. The lowest BCUT2D eigenvalue weighted by Gasteiger charge is -2.15. The van der Waals surface area contributed by atoms with Crippen molar-refractivity contribution in [1.29, 1.82) is 0 Å². The zero-order valence-corrected chi connectivity index (χ0v) is 18.6. The number of aliphatic hydroxyl groups is 1. The topological polar surface area (TPSA) is 117 Å². The second kappa shape index (κ2) is 10.9. The molecule has 0 bridgehead atoms. The van der Waals surface area contributed by atoms with E-state index in [0.717, 1.165) is 18.2 Å². The number of nitrogens with zero attached hydrogens (tertiary/aromatic N) is 2. The van der Waals surface area contributed by atoms with Gasteiger partial charge in [-0.3, -0.25) is 0 Å². The Morgan fingerprint density at radius 1 is 0.548 bits per heavy atom. The fourth-order valence-corrected chi connectivity index (χ4v) is 3.07. The lowest BCUT2D eigenvalue weighted by molar-refractivity contribution is 0.324. The van der Waals surface area contributed by atoms with Gasteiger partial charge in [0.15, 0.2) is 23.0 Å². The molecular weight excluding hydrogens is 406 g/mol. The molecule has 0 fully saturated rings. The van der Waals surface area contributed by atoms with E-state index in [1.807, 2.05) is 0 Å². The first kappa shape index (κ1) is 23.6. The first-order valence-corrected chi connectivity index (χ1v) is 9.08. The fourth-order valence-electron chi connectivity index (χ4n) is 3.07. The molecule has 0 aliphatic carbocycles. The van der Waals surface area contributed by atoms with Crippen molar-refractivity contribution < 1.29 is 33.5 Å². The summed E-state index contributed by atoms with van der Waals surface area (Å²) in [6.07, 6.45) is 0. The Morgan fingerprint density at radius 2 is 0.839 bits per heavy atom.